The largest absolute Gasteiger partial charge is 0.465 e. The molecule has 3 rings (SSSR count). The predicted molar refractivity (Wildman–Crippen MR) is 84.4 cm³/mol. The van der Waals surface area contributed by atoms with Crippen LogP contribution in [-0.2, 0) is 5.66 Å². The van der Waals surface area contributed by atoms with Crippen molar-refractivity contribution in [2.24, 2.45) is 5.73 Å². The zero-order valence-electron chi connectivity index (χ0n) is 12.6. The lowest BCUT2D eigenvalue weighted by molar-refractivity contribution is 0.0904. The number of benzene rings is 1. The number of carbonyl (C=O) groups excluding carboxylic acids is 1. The summed E-state index contributed by atoms with van der Waals surface area (Å²) in [6.45, 7) is 1.96. The highest BCUT2D eigenvalue weighted by Crippen LogP contribution is 2.26. The van der Waals surface area contributed by atoms with Gasteiger partial charge < -0.3 is 9.73 Å². The Balaban J connectivity index is 2.02. The number of aromatic nitrogens is 2. The summed E-state index contributed by atoms with van der Waals surface area (Å²) in [5.74, 6) is 0.0549. The van der Waals surface area contributed by atoms with E-state index in [0.717, 1.165) is 11.1 Å². The first-order valence-electron chi connectivity index (χ1n) is 7.07. The second kappa shape index (κ2) is 6.02. The summed E-state index contributed by atoms with van der Waals surface area (Å²) in [5, 5.41) is 2.82. The number of carbonyl (C=O) groups is 1. The number of nitrogens with two attached hydrogens (primary N) is 1. The Kier molecular flexibility index (Phi) is 3.91. The van der Waals surface area contributed by atoms with Crippen LogP contribution in [0.2, 0.25) is 0 Å². The van der Waals surface area contributed by atoms with E-state index in [0.29, 0.717) is 11.3 Å². The molecule has 6 nitrogen and oxygen atoms in total. The molecule has 2 aromatic heterocycles. The topological polar surface area (TPSA) is 94.0 Å². The molecule has 0 aliphatic heterocycles. The van der Waals surface area contributed by atoms with Gasteiger partial charge in [-0.25, -0.2) is 9.97 Å². The fraction of sp³-hybridized carbons (Fsp3) is 0.118. The fourth-order valence-corrected chi connectivity index (χ4v) is 2.34. The van der Waals surface area contributed by atoms with E-state index in [2.05, 4.69) is 15.3 Å². The van der Waals surface area contributed by atoms with E-state index in [9.17, 15) is 4.79 Å². The van der Waals surface area contributed by atoms with Gasteiger partial charge >= 0.3 is 0 Å². The molecule has 0 aliphatic carbocycles. The normalized spacial score (nSPS) is 13.3. The van der Waals surface area contributed by atoms with Crippen molar-refractivity contribution in [1.82, 2.24) is 15.3 Å². The first-order chi connectivity index (χ1) is 11.1. The summed E-state index contributed by atoms with van der Waals surface area (Å²) in [7, 11) is 0. The number of amides is 1. The third kappa shape index (κ3) is 2.97. The van der Waals surface area contributed by atoms with E-state index < -0.39 is 5.66 Å². The van der Waals surface area contributed by atoms with Gasteiger partial charge in [-0.3, -0.25) is 10.5 Å². The molecule has 23 heavy (non-hydrogen) atoms. The standard InChI is InChI=1S/C17H16N4O2/c1-12-4-2-5-14(8-12)17(18,15-6-3-7-23-15)21-16(22)13-9-19-11-20-10-13/h2-11H,18H2,1H3,(H,21,22). The van der Waals surface area contributed by atoms with Crippen LogP contribution in [0.5, 0.6) is 0 Å². The molecule has 116 valence electrons. The number of rotatable bonds is 4. The van der Waals surface area contributed by atoms with Crippen LogP contribution in [-0.4, -0.2) is 15.9 Å². The monoisotopic (exact) mass is 308 g/mol. The third-order valence-corrected chi connectivity index (χ3v) is 3.52. The molecule has 6 heteroatoms. The number of nitrogens with zero attached hydrogens (tertiary/aromatic N) is 2. The number of nitrogens with one attached hydrogen (secondary N) is 1. The Morgan fingerprint density at radius 3 is 2.65 bits per heavy atom. The molecule has 0 aliphatic rings. The molecule has 2 heterocycles. The number of aryl methyl sites for hydroxylation is 1. The number of hydrogen-bond acceptors (Lipinski definition) is 5. The summed E-state index contributed by atoms with van der Waals surface area (Å²) in [4.78, 5) is 20.2. The van der Waals surface area contributed by atoms with Crippen molar-refractivity contribution in [1.29, 1.82) is 0 Å². The SMILES string of the molecule is Cc1cccc(C(N)(NC(=O)c2cncnc2)c2ccco2)c1. The summed E-state index contributed by atoms with van der Waals surface area (Å²) < 4.78 is 5.46. The Labute approximate surface area is 133 Å². The molecule has 0 fully saturated rings. The highest BCUT2D eigenvalue weighted by Gasteiger charge is 2.35. The van der Waals surface area contributed by atoms with Crippen molar-refractivity contribution in [3.05, 3.63) is 83.8 Å². The van der Waals surface area contributed by atoms with Gasteiger partial charge in [0.1, 0.15) is 12.1 Å². The van der Waals surface area contributed by atoms with E-state index in [1.807, 2.05) is 31.2 Å². The molecule has 3 N–H and O–H groups in total. The van der Waals surface area contributed by atoms with Crippen molar-refractivity contribution in [3.63, 3.8) is 0 Å². The van der Waals surface area contributed by atoms with Crippen LogP contribution in [0.1, 0.15) is 27.2 Å². The fourth-order valence-electron chi connectivity index (χ4n) is 2.34. The molecule has 1 atom stereocenters. The minimum Gasteiger partial charge on any atom is -0.465 e. The average molecular weight is 308 g/mol. The van der Waals surface area contributed by atoms with Crippen LogP contribution in [0, 0.1) is 6.92 Å². The minimum absolute atomic E-state index is 0.321. The maximum Gasteiger partial charge on any atom is 0.256 e. The second-order valence-electron chi connectivity index (χ2n) is 5.24. The highest BCUT2D eigenvalue weighted by atomic mass is 16.3. The molecule has 0 spiro atoms. The van der Waals surface area contributed by atoms with Gasteiger partial charge in [0, 0.05) is 12.4 Å². The molecule has 0 saturated carbocycles. The Morgan fingerprint density at radius 2 is 2.00 bits per heavy atom. The molecule has 0 saturated heterocycles. The van der Waals surface area contributed by atoms with Crippen molar-refractivity contribution in [2.75, 3.05) is 0 Å². The van der Waals surface area contributed by atoms with Gasteiger partial charge in [0.2, 0.25) is 0 Å². The van der Waals surface area contributed by atoms with Crippen LogP contribution in [0.15, 0.2) is 65.8 Å². The van der Waals surface area contributed by atoms with Gasteiger partial charge in [-0.1, -0.05) is 29.8 Å². The molecule has 1 amide bonds. The van der Waals surface area contributed by atoms with Gasteiger partial charge in [0.25, 0.3) is 5.91 Å². The summed E-state index contributed by atoms with van der Waals surface area (Å²) >= 11 is 0. The van der Waals surface area contributed by atoms with Gasteiger partial charge in [0.15, 0.2) is 5.66 Å². The molecule has 3 aromatic rings. The first-order valence-corrected chi connectivity index (χ1v) is 7.07. The van der Waals surface area contributed by atoms with Gasteiger partial charge in [0.05, 0.1) is 11.8 Å². The number of furan rings is 1. The van der Waals surface area contributed by atoms with Crippen LogP contribution < -0.4 is 11.1 Å². The summed E-state index contributed by atoms with van der Waals surface area (Å²) in [6.07, 6.45) is 5.74. The van der Waals surface area contributed by atoms with Gasteiger partial charge in [-0.05, 0) is 24.6 Å². The molecular formula is C17H16N4O2. The number of hydrogen-bond donors (Lipinski definition) is 2. The molecular weight excluding hydrogens is 292 g/mol. The van der Waals surface area contributed by atoms with E-state index in [1.54, 1.807) is 12.1 Å². The van der Waals surface area contributed by atoms with Crippen molar-refractivity contribution >= 4 is 5.91 Å². The zero-order chi connectivity index (χ0) is 16.3. The third-order valence-electron chi connectivity index (χ3n) is 3.52. The van der Waals surface area contributed by atoms with E-state index in [-0.39, 0.29) is 5.91 Å². The first kappa shape index (κ1) is 14.9. The molecule has 0 bridgehead atoms. The lowest BCUT2D eigenvalue weighted by atomic mass is 9.95. The summed E-state index contributed by atoms with van der Waals surface area (Å²) in [5.41, 5.74) is 7.31. The van der Waals surface area contributed by atoms with Crippen molar-refractivity contribution in [2.45, 2.75) is 12.6 Å². The minimum atomic E-state index is -1.29. The quantitative estimate of drug-likeness (QED) is 0.719. The second-order valence-corrected chi connectivity index (χ2v) is 5.24. The Hall–Kier alpha value is -2.99. The van der Waals surface area contributed by atoms with E-state index in [4.69, 9.17) is 10.2 Å². The van der Waals surface area contributed by atoms with Crippen LogP contribution >= 0.6 is 0 Å². The van der Waals surface area contributed by atoms with Crippen LogP contribution in [0.3, 0.4) is 0 Å². The Morgan fingerprint density at radius 1 is 1.22 bits per heavy atom. The molecule has 0 radical (unpaired) electrons. The smallest absolute Gasteiger partial charge is 0.256 e. The Bertz CT molecular complexity index is 802. The maximum absolute atomic E-state index is 12.5. The van der Waals surface area contributed by atoms with E-state index >= 15 is 0 Å². The van der Waals surface area contributed by atoms with E-state index in [1.165, 1.54) is 25.0 Å². The zero-order valence-corrected chi connectivity index (χ0v) is 12.6. The van der Waals surface area contributed by atoms with Crippen molar-refractivity contribution < 1.29 is 9.21 Å². The van der Waals surface area contributed by atoms with Crippen LogP contribution in [0.4, 0.5) is 0 Å². The van der Waals surface area contributed by atoms with Crippen molar-refractivity contribution in [3.8, 4) is 0 Å². The lowest BCUT2D eigenvalue weighted by Gasteiger charge is -2.29. The highest BCUT2D eigenvalue weighted by molar-refractivity contribution is 5.94. The average Bonchev–Trinajstić information content (AvgIpc) is 3.10. The van der Waals surface area contributed by atoms with Gasteiger partial charge in [-0.2, -0.15) is 0 Å². The maximum atomic E-state index is 12.5. The lowest BCUT2D eigenvalue weighted by Crippen LogP contribution is -2.53. The summed E-state index contributed by atoms with van der Waals surface area (Å²) in [6, 6.07) is 11.0. The van der Waals surface area contributed by atoms with Gasteiger partial charge in [-0.15, -0.1) is 0 Å². The molecule has 1 unspecified atom stereocenters. The predicted octanol–water partition coefficient (Wildman–Crippen LogP) is 1.97. The molecule has 1 aromatic carbocycles. The van der Waals surface area contributed by atoms with Crippen LogP contribution in [0.25, 0.3) is 0 Å².